The van der Waals surface area contributed by atoms with Crippen LogP contribution >= 0.6 is 22.9 Å². The van der Waals surface area contributed by atoms with Crippen LogP contribution in [-0.4, -0.2) is 47.9 Å². The number of amides is 1. The Morgan fingerprint density at radius 3 is 2.62 bits per heavy atom. The van der Waals surface area contributed by atoms with Crippen LogP contribution in [0, 0.1) is 5.92 Å². The van der Waals surface area contributed by atoms with Gasteiger partial charge in [-0.25, -0.2) is 0 Å². The van der Waals surface area contributed by atoms with Crippen molar-refractivity contribution in [2.24, 2.45) is 11.7 Å². The van der Waals surface area contributed by atoms with Gasteiger partial charge in [0.25, 0.3) is 0 Å². The van der Waals surface area contributed by atoms with Crippen LogP contribution in [0.2, 0.25) is 4.34 Å². The highest BCUT2D eigenvalue weighted by Crippen LogP contribution is 2.27. The molecule has 2 unspecified atom stereocenters. The van der Waals surface area contributed by atoms with Gasteiger partial charge < -0.3 is 10.6 Å². The average Bonchev–Trinajstić information content (AvgIpc) is 3.08. The van der Waals surface area contributed by atoms with Crippen molar-refractivity contribution in [3.8, 4) is 0 Å². The number of rotatable bonds is 3. The molecular weight excluding hydrogens is 306 g/mol. The predicted molar refractivity (Wildman–Crippen MR) is 86.5 cm³/mol. The third-order valence-corrected chi connectivity index (χ3v) is 5.79. The van der Waals surface area contributed by atoms with E-state index in [-0.39, 0.29) is 17.9 Å². The molecule has 0 bridgehead atoms. The van der Waals surface area contributed by atoms with Gasteiger partial charge in [-0.3, -0.25) is 9.69 Å². The number of nitrogens with two attached hydrogens (primary N) is 1. The molecule has 2 atom stereocenters. The van der Waals surface area contributed by atoms with Crippen molar-refractivity contribution in [3.63, 3.8) is 0 Å². The number of carbonyl (C=O) groups is 1. The summed E-state index contributed by atoms with van der Waals surface area (Å²) in [5.41, 5.74) is 6.05. The highest BCUT2D eigenvalue weighted by Gasteiger charge is 2.34. The summed E-state index contributed by atoms with van der Waals surface area (Å²) in [5.74, 6) is 0.339. The van der Waals surface area contributed by atoms with Crippen LogP contribution < -0.4 is 5.73 Å². The van der Waals surface area contributed by atoms with Crippen molar-refractivity contribution in [2.45, 2.75) is 31.8 Å². The highest BCUT2D eigenvalue weighted by atomic mass is 35.5. The molecule has 1 aromatic rings. The van der Waals surface area contributed by atoms with Crippen molar-refractivity contribution >= 4 is 28.8 Å². The Morgan fingerprint density at radius 1 is 1.29 bits per heavy atom. The Labute approximate surface area is 134 Å². The van der Waals surface area contributed by atoms with Gasteiger partial charge in [0.05, 0.1) is 10.3 Å². The van der Waals surface area contributed by atoms with E-state index in [0.29, 0.717) is 0 Å². The smallest absolute Gasteiger partial charge is 0.227 e. The summed E-state index contributed by atoms with van der Waals surface area (Å²) in [6.07, 6.45) is 3.06. The van der Waals surface area contributed by atoms with Gasteiger partial charge in [0.1, 0.15) is 0 Å². The topological polar surface area (TPSA) is 49.6 Å². The summed E-state index contributed by atoms with van der Waals surface area (Å²) in [4.78, 5) is 18.2. The molecule has 1 amide bonds. The number of carbonyl (C=O) groups excluding carboxylic acids is 1. The van der Waals surface area contributed by atoms with Crippen LogP contribution in [-0.2, 0) is 11.3 Å². The lowest BCUT2D eigenvalue weighted by atomic mass is 10.0. The number of halogens is 1. The maximum absolute atomic E-state index is 12.5. The van der Waals surface area contributed by atoms with Crippen molar-refractivity contribution in [1.82, 2.24) is 9.80 Å². The minimum atomic E-state index is 0.0626. The van der Waals surface area contributed by atoms with E-state index in [1.807, 2.05) is 11.0 Å². The fourth-order valence-electron chi connectivity index (χ4n) is 3.31. The third-order valence-electron chi connectivity index (χ3n) is 4.58. The molecule has 0 aromatic carbocycles. The second kappa shape index (κ2) is 6.65. The fraction of sp³-hybridized carbons (Fsp3) is 0.667. The number of piperazine rings is 1. The van der Waals surface area contributed by atoms with Gasteiger partial charge in [0, 0.05) is 43.6 Å². The summed E-state index contributed by atoms with van der Waals surface area (Å²) in [5, 5.41) is 0. The van der Waals surface area contributed by atoms with Crippen molar-refractivity contribution in [1.29, 1.82) is 0 Å². The van der Waals surface area contributed by atoms with Crippen LogP contribution in [0.15, 0.2) is 12.1 Å². The van der Waals surface area contributed by atoms with Gasteiger partial charge in [-0.15, -0.1) is 11.3 Å². The molecular formula is C15H22ClN3OS. The summed E-state index contributed by atoms with van der Waals surface area (Å²) in [6.45, 7) is 4.44. The zero-order chi connectivity index (χ0) is 14.8. The fourth-order valence-corrected chi connectivity index (χ4v) is 4.44. The van der Waals surface area contributed by atoms with Crippen molar-refractivity contribution in [2.75, 3.05) is 26.2 Å². The van der Waals surface area contributed by atoms with Gasteiger partial charge in [-0.05, 0) is 25.0 Å². The first kappa shape index (κ1) is 15.3. The van der Waals surface area contributed by atoms with Gasteiger partial charge in [-0.2, -0.15) is 0 Å². The van der Waals surface area contributed by atoms with Gasteiger partial charge in [0.15, 0.2) is 0 Å². The molecule has 3 rings (SSSR count). The van der Waals surface area contributed by atoms with Crippen LogP contribution in [0.1, 0.15) is 24.1 Å². The Bertz CT molecular complexity index is 499. The van der Waals surface area contributed by atoms with E-state index in [1.165, 1.54) is 4.88 Å². The zero-order valence-electron chi connectivity index (χ0n) is 12.1. The van der Waals surface area contributed by atoms with E-state index < -0.39 is 0 Å². The van der Waals surface area contributed by atoms with Gasteiger partial charge >= 0.3 is 0 Å². The summed E-state index contributed by atoms with van der Waals surface area (Å²) in [6, 6.07) is 4.11. The Morgan fingerprint density at radius 2 is 2.05 bits per heavy atom. The standard InChI is InChI=1S/C15H22ClN3OS/c16-14-5-4-11(21-14)10-18-6-8-19(9-7-18)15(20)12-2-1-3-13(12)17/h4-5,12-13H,1-3,6-10,17H2. The largest absolute Gasteiger partial charge is 0.340 e. The number of nitrogens with zero attached hydrogens (tertiary/aromatic N) is 2. The zero-order valence-corrected chi connectivity index (χ0v) is 13.7. The minimum absolute atomic E-state index is 0.0626. The quantitative estimate of drug-likeness (QED) is 0.925. The maximum Gasteiger partial charge on any atom is 0.227 e. The summed E-state index contributed by atoms with van der Waals surface area (Å²) >= 11 is 7.60. The monoisotopic (exact) mass is 327 g/mol. The van der Waals surface area contributed by atoms with E-state index in [9.17, 15) is 4.79 Å². The molecule has 1 saturated carbocycles. The molecule has 2 N–H and O–H groups in total. The van der Waals surface area contributed by atoms with Gasteiger partial charge in [0.2, 0.25) is 5.91 Å². The normalized spacial score (nSPS) is 27.2. The van der Waals surface area contributed by atoms with E-state index >= 15 is 0 Å². The van der Waals surface area contributed by atoms with Crippen LogP contribution in [0.4, 0.5) is 0 Å². The molecule has 116 valence electrons. The van der Waals surface area contributed by atoms with Crippen molar-refractivity contribution in [3.05, 3.63) is 21.3 Å². The minimum Gasteiger partial charge on any atom is -0.340 e. The maximum atomic E-state index is 12.5. The molecule has 0 spiro atoms. The van der Waals surface area contributed by atoms with Crippen LogP contribution in [0.25, 0.3) is 0 Å². The van der Waals surface area contributed by atoms with Gasteiger partial charge in [-0.1, -0.05) is 18.0 Å². The molecule has 0 radical (unpaired) electrons. The van der Waals surface area contributed by atoms with E-state index in [2.05, 4.69) is 11.0 Å². The molecule has 4 nitrogen and oxygen atoms in total. The SMILES string of the molecule is NC1CCCC1C(=O)N1CCN(Cc2ccc(Cl)s2)CC1. The molecule has 2 fully saturated rings. The second-order valence-corrected chi connectivity index (χ2v) is 7.81. The highest BCUT2D eigenvalue weighted by molar-refractivity contribution is 7.16. The molecule has 2 heterocycles. The Hall–Kier alpha value is -0.620. The molecule has 6 heteroatoms. The Balaban J connectivity index is 1.49. The predicted octanol–water partition coefficient (Wildman–Crippen LogP) is 2.17. The third kappa shape index (κ3) is 3.59. The number of thiophene rings is 1. The summed E-state index contributed by atoms with van der Waals surface area (Å²) in [7, 11) is 0. The van der Waals surface area contributed by atoms with Crippen molar-refractivity contribution < 1.29 is 4.79 Å². The molecule has 21 heavy (non-hydrogen) atoms. The lowest BCUT2D eigenvalue weighted by Crippen LogP contribution is -2.51. The van der Waals surface area contributed by atoms with Crippen LogP contribution in [0.3, 0.4) is 0 Å². The average molecular weight is 328 g/mol. The summed E-state index contributed by atoms with van der Waals surface area (Å²) < 4.78 is 0.842. The number of hydrogen-bond donors (Lipinski definition) is 1. The van der Waals surface area contributed by atoms with E-state index in [1.54, 1.807) is 11.3 Å². The molecule has 1 aromatic heterocycles. The number of hydrogen-bond acceptors (Lipinski definition) is 4. The first-order chi connectivity index (χ1) is 10.1. The van der Waals surface area contributed by atoms with E-state index in [4.69, 9.17) is 17.3 Å². The Kier molecular flexibility index (Phi) is 4.84. The first-order valence-electron chi connectivity index (χ1n) is 7.64. The first-order valence-corrected chi connectivity index (χ1v) is 8.84. The van der Waals surface area contributed by atoms with E-state index in [0.717, 1.165) is 56.3 Å². The molecule has 1 aliphatic carbocycles. The molecule has 2 aliphatic rings. The lowest BCUT2D eigenvalue weighted by molar-refractivity contribution is -0.137. The van der Waals surface area contributed by atoms with Crippen LogP contribution in [0.5, 0.6) is 0 Å². The lowest BCUT2D eigenvalue weighted by Gasteiger charge is -2.36. The molecule has 1 aliphatic heterocycles. The second-order valence-electron chi connectivity index (χ2n) is 6.01. The molecule has 1 saturated heterocycles.